The third-order valence-corrected chi connectivity index (χ3v) is 0.908. The van der Waals surface area contributed by atoms with Gasteiger partial charge in [0.1, 0.15) is 0 Å². The van der Waals surface area contributed by atoms with Crippen LogP contribution in [-0.2, 0) is 18.6 Å². The Bertz CT molecular complexity index is 35.7. The van der Waals surface area contributed by atoms with E-state index >= 15 is 0 Å². The van der Waals surface area contributed by atoms with Crippen LogP contribution in [0.5, 0.6) is 0 Å². The molecule has 1 aliphatic carbocycles. The maximum absolute atomic E-state index is 2.31. The van der Waals surface area contributed by atoms with E-state index in [0.29, 0.717) is 0 Å². The van der Waals surface area contributed by atoms with Gasteiger partial charge in [0.25, 0.3) is 0 Å². The van der Waals surface area contributed by atoms with E-state index in [1.165, 1.54) is 19.3 Å². The Kier molecular flexibility index (Phi) is 54.0. The van der Waals surface area contributed by atoms with Gasteiger partial charge in [0.15, 0.2) is 0 Å². The Labute approximate surface area is 121 Å². The standard InChI is InChI=1S/C5H8.2C3H7.U.V/c1-2-4-5-3-1;2*1-3-2;;/h1,4H,2-3,5H2;2*3H,1-2H3;;/q-2;2*-1;2*+2. The van der Waals surface area contributed by atoms with E-state index in [-0.39, 0.29) is 49.7 Å². The van der Waals surface area contributed by atoms with E-state index in [0.717, 1.165) is 0 Å². The molecule has 0 amide bonds. The molecule has 0 heterocycles. The van der Waals surface area contributed by atoms with Crippen LogP contribution in [0.1, 0.15) is 47.0 Å². The second-order valence-corrected chi connectivity index (χ2v) is 2.55. The maximum atomic E-state index is 2.31. The molecule has 1 aliphatic rings. The Hall–Kier alpha value is 1.64. The molecule has 0 aliphatic heterocycles. The molecule has 0 bridgehead atoms. The van der Waals surface area contributed by atoms with Crippen molar-refractivity contribution in [2.24, 2.45) is 0 Å². The molecule has 0 aromatic carbocycles. The van der Waals surface area contributed by atoms with Crippen molar-refractivity contribution in [1.82, 2.24) is 0 Å². The quantitative estimate of drug-likeness (QED) is 0.496. The van der Waals surface area contributed by atoms with E-state index in [1.807, 2.05) is 40.5 Å². The molecule has 75 valence electrons. The molecule has 0 nitrogen and oxygen atoms in total. The van der Waals surface area contributed by atoms with Crippen molar-refractivity contribution in [3.8, 4) is 0 Å². The van der Waals surface area contributed by atoms with Gasteiger partial charge in [0, 0.05) is 0 Å². The van der Waals surface area contributed by atoms with Crippen LogP contribution in [-0.4, -0.2) is 0 Å². The summed E-state index contributed by atoms with van der Waals surface area (Å²) in [6, 6.07) is 0. The van der Waals surface area contributed by atoms with Crippen molar-refractivity contribution in [1.29, 1.82) is 0 Å². The monoisotopic (exact) mass is 443 g/mol. The molecular weight excluding hydrogens is 421 g/mol. The second-order valence-electron chi connectivity index (χ2n) is 2.55. The van der Waals surface area contributed by atoms with Gasteiger partial charge in [-0.25, -0.2) is 12.8 Å². The zero-order valence-electron chi connectivity index (χ0n) is 9.38. The summed E-state index contributed by atoms with van der Waals surface area (Å²) in [6.45, 7) is 8.00. The van der Waals surface area contributed by atoms with E-state index in [1.54, 1.807) is 0 Å². The van der Waals surface area contributed by atoms with Crippen LogP contribution in [0, 0.1) is 56.8 Å². The van der Waals surface area contributed by atoms with Gasteiger partial charge in [-0.2, -0.15) is 27.7 Å². The molecule has 0 aromatic rings. The van der Waals surface area contributed by atoms with Crippen LogP contribution >= 0.6 is 0 Å². The molecule has 1 rings (SSSR count). The van der Waals surface area contributed by atoms with Crippen LogP contribution in [0.2, 0.25) is 0 Å². The first kappa shape index (κ1) is 24.1. The predicted octanol–water partition coefficient (Wildman–Crippen LogP) is 4.04. The van der Waals surface area contributed by atoms with Gasteiger partial charge in [0.05, 0.1) is 0 Å². The average molecular weight is 443 g/mol. The van der Waals surface area contributed by atoms with Gasteiger partial charge in [0.2, 0.25) is 0 Å². The minimum atomic E-state index is 0. The fraction of sp³-hybridized carbons (Fsp3) is 0.636. The minimum absolute atomic E-state index is 0. The zero-order chi connectivity index (χ0) is 8.95. The molecule has 0 aromatic heterocycles. The fourth-order valence-corrected chi connectivity index (χ4v) is 0.589. The van der Waals surface area contributed by atoms with E-state index < -0.39 is 0 Å². The molecule has 0 unspecified atom stereocenters. The molecule has 0 atom stereocenters. The Balaban J connectivity index is -0.0000000461. The van der Waals surface area contributed by atoms with Crippen LogP contribution in [0.3, 0.4) is 0 Å². The fourth-order valence-electron chi connectivity index (χ4n) is 0.589. The van der Waals surface area contributed by atoms with Crippen LogP contribution in [0.15, 0.2) is 0 Å². The normalized spacial score (nSPS) is 12.0. The summed E-state index contributed by atoms with van der Waals surface area (Å²) in [7, 11) is 0. The molecule has 0 N–H and O–H groups in total. The van der Waals surface area contributed by atoms with Crippen molar-refractivity contribution in [2.45, 2.75) is 47.0 Å². The molecule has 13 heavy (non-hydrogen) atoms. The maximum Gasteiger partial charge on any atom is 2.00 e. The Morgan fingerprint density at radius 2 is 1.08 bits per heavy atom. The van der Waals surface area contributed by atoms with Crippen molar-refractivity contribution >= 4 is 0 Å². The molecule has 1 saturated carbocycles. The van der Waals surface area contributed by atoms with Gasteiger partial charge in [-0.15, -0.1) is 0 Å². The summed E-state index contributed by atoms with van der Waals surface area (Å²) in [4.78, 5) is 0. The third kappa shape index (κ3) is 41.9. The molecule has 0 saturated heterocycles. The number of hydrogen-bond acceptors (Lipinski definition) is 0. The minimum Gasteiger partial charge on any atom is -0.360 e. The molecule has 1 radical (unpaired) electrons. The first-order chi connectivity index (χ1) is 5.33. The summed E-state index contributed by atoms with van der Waals surface area (Å²) in [5, 5.41) is 0. The van der Waals surface area contributed by atoms with Gasteiger partial charge in [-0.1, -0.05) is 0 Å². The van der Waals surface area contributed by atoms with Crippen LogP contribution in [0.4, 0.5) is 0 Å². The van der Waals surface area contributed by atoms with E-state index in [4.69, 9.17) is 0 Å². The SMILES string of the molecule is C[CH-]C.C[CH-]C.[CH-]1C[CH-]CC1.[U+2].[V+2]. The summed E-state index contributed by atoms with van der Waals surface area (Å²) >= 11 is 0. The first-order valence-electron chi connectivity index (χ1n) is 4.44. The first-order valence-corrected chi connectivity index (χ1v) is 4.44. The average Bonchev–Trinajstić information content (AvgIpc) is 2.44. The molecule has 0 spiro atoms. The summed E-state index contributed by atoms with van der Waals surface area (Å²) in [6.07, 6.45) is 12.5. The van der Waals surface area contributed by atoms with Crippen molar-refractivity contribution in [2.75, 3.05) is 0 Å². The van der Waals surface area contributed by atoms with Crippen molar-refractivity contribution in [3.63, 3.8) is 0 Å². The molecule has 2 heteroatoms. The van der Waals surface area contributed by atoms with Gasteiger partial charge in [-0.05, 0) is 0 Å². The molecule has 1 fully saturated rings. The largest absolute Gasteiger partial charge is 2.00 e. The van der Waals surface area contributed by atoms with Crippen LogP contribution in [0.25, 0.3) is 0 Å². The van der Waals surface area contributed by atoms with Gasteiger partial charge < -0.3 is 32.1 Å². The van der Waals surface area contributed by atoms with Gasteiger partial charge >= 0.3 is 49.7 Å². The summed E-state index contributed by atoms with van der Waals surface area (Å²) < 4.78 is 0. The third-order valence-electron chi connectivity index (χ3n) is 0.908. The second kappa shape index (κ2) is 29.2. The summed E-state index contributed by atoms with van der Waals surface area (Å²) in [5.74, 6) is 0. The van der Waals surface area contributed by atoms with Gasteiger partial charge in [-0.3, -0.25) is 0 Å². The Morgan fingerprint density at radius 1 is 0.846 bits per heavy atom. The number of rotatable bonds is 0. The number of hydrogen-bond donors (Lipinski definition) is 0. The van der Waals surface area contributed by atoms with Crippen molar-refractivity contribution in [3.05, 3.63) is 25.7 Å². The van der Waals surface area contributed by atoms with Crippen LogP contribution < -0.4 is 0 Å². The van der Waals surface area contributed by atoms with E-state index in [2.05, 4.69) is 12.8 Å². The van der Waals surface area contributed by atoms with Crippen molar-refractivity contribution < 1.29 is 49.7 Å². The topological polar surface area (TPSA) is 0 Å². The van der Waals surface area contributed by atoms with E-state index in [9.17, 15) is 0 Å². The zero-order valence-corrected chi connectivity index (χ0v) is 14.9. The predicted molar refractivity (Wildman–Crippen MR) is 53.7 cm³/mol. The summed E-state index contributed by atoms with van der Waals surface area (Å²) in [5.41, 5.74) is 0. The Morgan fingerprint density at radius 3 is 1.15 bits per heavy atom. The molecular formula is C11H22UV. The smallest absolute Gasteiger partial charge is 0.360 e.